The fourth-order valence-electron chi connectivity index (χ4n) is 2.11. The number of ether oxygens (including phenoxy) is 1. The van der Waals surface area contributed by atoms with Crippen molar-refractivity contribution in [3.63, 3.8) is 0 Å². The number of carboxylic acid groups (broad SMARTS) is 1. The van der Waals surface area contributed by atoms with E-state index in [1.54, 1.807) is 12.1 Å². The molecule has 0 aliphatic rings. The molecule has 136 valence electrons. The van der Waals surface area contributed by atoms with Gasteiger partial charge in [-0.3, -0.25) is 0 Å². The van der Waals surface area contributed by atoms with Crippen LogP contribution in [0, 0.1) is 0 Å². The third-order valence-corrected chi connectivity index (χ3v) is 3.27. The lowest BCUT2D eigenvalue weighted by Crippen LogP contribution is -2.22. The Balaban J connectivity index is 2.44. The summed E-state index contributed by atoms with van der Waals surface area (Å²) in [6.07, 6.45) is -6.01. The van der Waals surface area contributed by atoms with Gasteiger partial charge in [0.1, 0.15) is 5.75 Å². The highest BCUT2D eigenvalue weighted by molar-refractivity contribution is 5.64. The first-order valence-electron chi connectivity index (χ1n) is 7.38. The molecule has 1 amide bonds. The normalized spacial score (nSPS) is 12.1. The molecule has 0 radical (unpaired) electrons. The summed E-state index contributed by atoms with van der Waals surface area (Å²) in [5.74, 6) is -0.380. The lowest BCUT2D eigenvalue weighted by atomic mass is 9.92. The molecular formula is C16H18F3N3O3. The van der Waals surface area contributed by atoms with Gasteiger partial charge in [-0.2, -0.15) is 5.10 Å². The summed E-state index contributed by atoms with van der Waals surface area (Å²) in [5, 5.41) is 15.4. The lowest BCUT2D eigenvalue weighted by Gasteiger charge is -2.14. The molecule has 1 heterocycles. The number of halogens is 3. The predicted octanol–water partition coefficient (Wildman–Crippen LogP) is 3.84. The smallest absolute Gasteiger partial charge is 0.465 e. The predicted molar refractivity (Wildman–Crippen MR) is 83.8 cm³/mol. The molecule has 0 spiro atoms. The summed E-state index contributed by atoms with van der Waals surface area (Å²) in [6.45, 7) is 5.74. The first-order valence-corrected chi connectivity index (χ1v) is 7.38. The zero-order valence-corrected chi connectivity index (χ0v) is 13.9. The molecule has 0 aliphatic carbocycles. The summed E-state index contributed by atoms with van der Waals surface area (Å²) in [5.41, 5.74) is 1.19. The average Bonchev–Trinajstić information content (AvgIpc) is 2.87. The van der Waals surface area contributed by atoms with Crippen LogP contribution >= 0.6 is 0 Å². The standard InChI is InChI=1S/C16H18F3N3O3/c1-15(2,3)13-8-11(9-20-14(23)24)22(21-13)10-5-4-6-12(7-10)25-16(17,18)19/h4-8,20H,9H2,1-3H3,(H,23,24). The quantitative estimate of drug-likeness (QED) is 0.872. The fraction of sp³-hybridized carbons (Fsp3) is 0.375. The molecule has 2 N–H and O–H groups in total. The van der Waals surface area contributed by atoms with Gasteiger partial charge in [0.25, 0.3) is 0 Å². The van der Waals surface area contributed by atoms with E-state index in [1.807, 2.05) is 20.8 Å². The van der Waals surface area contributed by atoms with Crippen molar-refractivity contribution >= 4 is 6.09 Å². The van der Waals surface area contributed by atoms with Crippen molar-refractivity contribution < 1.29 is 27.8 Å². The van der Waals surface area contributed by atoms with Crippen molar-refractivity contribution in [2.45, 2.75) is 39.1 Å². The van der Waals surface area contributed by atoms with Crippen LogP contribution in [0.2, 0.25) is 0 Å². The molecule has 0 aliphatic heterocycles. The van der Waals surface area contributed by atoms with Crippen molar-refractivity contribution in [1.82, 2.24) is 15.1 Å². The number of benzene rings is 1. The third kappa shape index (κ3) is 5.13. The molecule has 0 unspecified atom stereocenters. The summed E-state index contributed by atoms with van der Waals surface area (Å²) >= 11 is 0. The molecule has 2 aromatic rings. The van der Waals surface area contributed by atoms with Crippen molar-refractivity contribution in [3.8, 4) is 11.4 Å². The summed E-state index contributed by atoms with van der Waals surface area (Å²) in [6, 6.07) is 7.06. The van der Waals surface area contributed by atoms with Gasteiger partial charge in [-0.05, 0) is 18.2 Å². The molecule has 1 aromatic heterocycles. The van der Waals surface area contributed by atoms with E-state index in [0.717, 1.165) is 0 Å². The van der Waals surface area contributed by atoms with E-state index in [0.29, 0.717) is 17.1 Å². The monoisotopic (exact) mass is 357 g/mol. The zero-order valence-electron chi connectivity index (χ0n) is 13.9. The topological polar surface area (TPSA) is 76.4 Å². The number of hydrogen-bond acceptors (Lipinski definition) is 3. The minimum absolute atomic E-state index is 0.0389. The Morgan fingerprint density at radius 3 is 2.52 bits per heavy atom. The molecule has 6 nitrogen and oxygen atoms in total. The molecule has 0 atom stereocenters. The van der Waals surface area contributed by atoms with Crippen LogP contribution in [-0.2, 0) is 12.0 Å². The molecule has 0 bridgehead atoms. The van der Waals surface area contributed by atoms with Crippen molar-refractivity contribution in [2.75, 3.05) is 0 Å². The van der Waals surface area contributed by atoms with Gasteiger partial charge in [-0.1, -0.05) is 26.8 Å². The Kier molecular flexibility index (Phi) is 4.96. The van der Waals surface area contributed by atoms with Gasteiger partial charge < -0.3 is 15.2 Å². The van der Waals surface area contributed by atoms with Crippen molar-refractivity contribution in [1.29, 1.82) is 0 Å². The van der Waals surface area contributed by atoms with E-state index in [2.05, 4.69) is 15.2 Å². The van der Waals surface area contributed by atoms with Crippen molar-refractivity contribution in [3.05, 3.63) is 41.7 Å². The maximum absolute atomic E-state index is 12.4. The van der Waals surface area contributed by atoms with E-state index in [1.165, 1.54) is 22.9 Å². The number of alkyl halides is 3. The van der Waals surface area contributed by atoms with E-state index in [-0.39, 0.29) is 17.7 Å². The second kappa shape index (κ2) is 6.66. The number of rotatable bonds is 4. The van der Waals surface area contributed by atoms with Gasteiger partial charge >= 0.3 is 12.5 Å². The van der Waals surface area contributed by atoms with E-state index in [9.17, 15) is 18.0 Å². The van der Waals surface area contributed by atoms with Gasteiger partial charge in [0.2, 0.25) is 0 Å². The minimum atomic E-state index is -4.80. The van der Waals surface area contributed by atoms with Crippen LogP contribution in [0.4, 0.5) is 18.0 Å². The number of aromatic nitrogens is 2. The molecule has 1 aromatic carbocycles. The Morgan fingerprint density at radius 1 is 1.28 bits per heavy atom. The number of carbonyl (C=O) groups is 1. The first kappa shape index (κ1) is 18.6. The van der Waals surface area contributed by atoms with E-state index < -0.39 is 12.5 Å². The second-order valence-electron chi connectivity index (χ2n) is 6.39. The van der Waals surface area contributed by atoms with Gasteiger partial charge in [0, 0.05) is 11.5 Å². The number of nitrogens with one attached hydrogen (secondary N) is 1. The number of amides is 1. The Bertz CT molecular complexity index is 764. The second-order valence-corrected chi connectivity index (χ2v) is 6.39. The highest BCUT2D eigenvalue weighted by Crippen LogP contribution is 2.27. The fourth-order valence-corrected chi connectivity index (χ4v) is 2.11. The summed E-state index contributed by atoms with van der Waals surface area (Å²) in [4.78, 5) is 10.7. The van der Waals surface area contributed by atoms with Crippen LogP contribution in [0.25, 0.3) is 5.69 Å². The highest BCUT2D eigenvalue weighted by atomic mass is 19.4. The summed E-state index contributed by atoms with van der Waals surface area (Å²) < 4.78 is 42.5. The van der Waals surface area contributed by atoms with Crippen LogP contribution in [0.3, 0.4) is 0 Å². The largest absolute Gasteiger partial charge is 0.573 e. The molecule has 25 heavy (non-hydrogen) atoms. The Hall–Kier alpha value is -2.71. The van der Waals surface area contributed by atoms with Crippen molar-refractivity contribution in [2.24, 2.45) is 0 Å². The van der Waals surface area contributed by atoms with Crippen LogP contribution in [0.15, 0.2) is 30.3 Å². The molecule has 2 rings (SSSR count). The zero-order chi connectivity index (χ0) is 18.8. The molecule has 0 saturated carbocycles. The van der Waals surface area contributed by atoms with E-state index >= 15 is 0 Å². The highest BCUT2D eigenvalue weighted by Gasteiger charge is 2.31. The molecular weight excluding hydrogens is 339 g/mol. The third-order valence-electron chi connectivity index (χ3n) is 3.27. The van der Waals surface area contributed by atoms with E-state index in [4.69, 9.17) is 5.11 Å². The summed E-state index contributed by atoms with van der Waals surface area (Å²) in [7, 11) is 0. The maximum Gasteiger partial charge on any atom is 0.573 e. The minimum Gasteiger partial charge on any atom is -0.465 e. The Morgan fingerprint density at radius 2 is 1.96 bits per heavy atom. The number of hydrogen-bond donors (Lipinski definition) is 2. The van der Waals surface area contributed by atoms with Gasteiger partial charge in [0.05, 0.1) is 23.6 Å². The number of nitrogens with zero attached hydrogens (tertiary/aromatic N) is 2. The molecule has 0 fully saturated rings. The SMILES string of the molecule is CC(C)(C)c1cc(CNC(=O)O)n(-c2cccc(OC(F)(F)F)c2)n1. The average molecular weight is 357 g/mol. The van der Waals surface area contributed by atoms with Gasteiger partial charge in [-0.25, -0.2) is 9.48 Å². The molecule has 9 heteroatoms. The maximum atomic E-state index is 12.4. The Labute approximate surface area is 142 Å². The van der Waals surface area contributed by atoms with Crippen LogP contribution in [0.5, 0.6) is 5.75 Å². The van der Waals surface area contributed by atoms with Gasteiger partial charge in [0.15, 0.2) is 0 Å². The van der Waals surface area contributed by atoms with Crippen LogP contribution in [0.1, 0.15) is 32.2 Å². The lowest BCUT2D eigenvalue weighted by molar-refractivity contribution is -0.274. The first-order chi connectivity index (χ1) is 11.5. The van der Waals surface area contributed by atoms with Crippen LogP contribution < -0.4 is 10.1 Å². The van der Waals surface area contributed by atoms with Gasteiger partial charge in [-0.15, -0.1) is 13.2 Å². The van der Waals surface area contributed by atoms with Crippen LogP contribution in [-0.4, -0.2) is 27.3 Å². The molecule has 0 saturated heterocycles.